The Labute approximate surface area is 244 Å². The highest BCUT2D eigenvalue weighted by molar-refractivity contribution is 6.02. The summed E-state index contributed by atoms with van der Waals surface area (Å²) >= 11 is 0. The minimum atomic E-state index is -1.47. The lowest BCUT2D eigenvalue weighted by atomic mass is 9.82. The Kier molecular flexibility index (Phi) is 7.02. The van der Waals surface area contributed by atoms with E-state index in [1.165, 1.54) is 0 Å². The number of nitrogens with zero attached hydrogens (tertiary/aromatic N) is 3. The molecule has 0 aliphatic heterocycles. The van der Waals surface area contributed by atoms with Crippen molar-refractivity contribution >= 4 is 28.4 Å². The lowest BCUT2D eigenvalue weighted by molar-refractivity contribution is 0.117. The van der Waals surface area contributed by atoms with Crippen molar-refractivity contribution in [3.8, 4) is 11.1 Å². The van der Waals surface area contributed by atoms with Gasteiger partial charge in [0.1, 0.15) is 5.82 Å². The molecule has 6 rings (SSSR count). The number of hydrogen-bond acceptors (Lipinski definition) is 4. The van der Waals surface area contributed by atoms with Gasteiger partial charge in [0.05, 0.1) is 23.7 Å². The number of amides is 2. The molecule has 7 nitrogen and oxygen atoms in total. The van der Waals surface area contributed by atoms with Crippen LogP contribution in [0.2, 0.25) is 0 Å². The second-order valence-electron chi connectivity index (χ2n) is 10.6. The molecule has 2 heterocycles. The second kappa shape index (κ2) is 11.0. The summed E-state index contributed by atoms with van der Waals surface area (Å²) < 4.78 is 1.84. The van der Waals surface area contributed by atoms with Crippen molar-refractivity contribution < 1.29 is 9.90 Å². The molecular weight excluding hydrogens is 522 g/mol. The molecule has 4 aromatic carbocycles. The average molecular weight is 554 g/mol. The first-order chi connectivity index (χ1) is 20.3. The van der Waals surface area contributed by atoms with Crippen molar-refractivity contribution in [2.24, 2.45) is 7.05 Å². The van der Waals surface area contributed by atoms with E-state index in [0.29, 0.717) is 28.3 Å². The topological polar surface area (TPSA) is 92.1 Å². The first kappa shape index (κ1) is 26.9. The Hall–Kier alpha value is -5.27. The van der Waals surface area contributed by atoms with Crippen LogP contribution in [0.25, 0.3) is 22.0 Å². The number of carbonyl (C=O) groups excluding carboxylic acids is 1. The van der Waals surface area contributed by atoms with Crippen molar-refractivity contribution in [1.29, 1.82) is 0 Å². The highest BCUT2D eigenvalue weighted by Crippen LogP contribution is 2.40. The Balaban J connectivity index is 1.50. The number of benzene rings is 4. The lowest BCUT2D eigenvalue weighted by Crippen LogP contribution is -2.31. The van der Waals surface area contributed by atoms with Gasteiger partial charge in [0, 0.05) is 18.1 Å². The number of pyridine rings is 1. The van der Waals surface area contributed by atoms with E-state index in [2.05, 4.69) is 21.7 Å². The Morgan fingerprint density at radius 3 is 2.29 bits per heavy atom. The number of nitrogens with one attached hydrogen (secondary N) is 2. The van der Waals surface area contributed by atoms with Gasteiger partial charge in [0.2, 0.25) is 0 Å². The summed E-state index contributed by atoms with van der Waals surface area (Å²) in [4.78, 5) is 21.9. The number of aryl methyl sites for hydroxylation is 3. The van der Waals surface area contributed by atoms with Gasteiger partial charge < -0.3 is 15.0 Å². The van der Waals surface area contributed by atoms with Crippen molar-refractivity contribution in [2.75, 3.05) is 10.6 Å². The van der Waals surface area contributed by atoms with Crippen LogP contribution in [0.3, 0.4) is 0 Å². The second-order valence-corrected chi connectivity index (χ2v) is 10.6. The fraction of sp³-hybridized carbons (Fsp3) is 0.114. The van der Waals surface area contributed by atoms with Crippen LogP contribution in [0.15, 0.2) is 116 Å². The van der Waals surface area contributed by atoms with E-state index in [9.17, 15) is 9.90 Å². The van der Waals surface area contributed by atoms with Crippen LogP contribution in [0, 0.1) is 13.8 Å². The zero-order valence-corrected chi connectivity index (χ0v) is 23.7. The molecule has 0 spiro atoms. The van der Waals surface area contributed by atoms with Gasteiger partial charge in [-0.05, 0) is 66.4 Å². The molecule has 6 aromatic rings. The van der Waals surface area contributed by atoms with Crippen molar-refractivity contribution in [2.45, 2.75) is 19.4 Å². The Morgan fingerprint density at radius 2 is 1.57 bits per heavy atom. The molecule has 42 heavy (non-hydrogen) atoms. The molecular formula is C35H31N5O2. The third-order valence-corrected chi connectivity index (χ3v) is 7.49. The van der Waals surface area contributed by atoms with E-state index in [0.717, 1.165) is 33.2 Å². The van der Waals surface area contributed by atoms with E-state index in [1.807, 2.05) is 123 Å². The highest BCUT2D eigenvalue weighted by Gasteiger charge is 2.37. The third-order valence-electron chi connectivity index (χ3n) is 7.49. The standard InChI is InChI=1S/C35H31N5O2/c1-23-12-14-26(15-13-23)35(42,32-21-36-22-40(32)3)27-16-17-31-30(19-27)29(25-9-7-8-24(2)18-25)20-33(38-31)39-34(41)37-28-10-5-4-6-11-28/h4-22,42H,1-3H3,(H2,37,38,39,41). The quantitative estimate of drug-likeness (QED) is 0.204. The van der Waals surface area contributed by atoms with E-state index >= 15 is 0 Å². The maximum atomic E-state index is 12.8. The van der Waals surface area contributed by atoms with Crippen LogP contribution in [0.5, 0.6) is 0 Å². The predicted molar refractivity (Wildman–Crippen MR) is 167 cm³/mol. The van der Waals surface area contributed by atoms with E-state index in [4.69, 9.17) is 4.98 Å². The number of aliphatic hydroxyl groups is 1. The van der Waals surface area contributed by atoms with Gasteiger partial charge in [0.25, 0.3) is 0 Å². The molecule has 0 saturated heterocycles. The highest BCUT2D eigenvalue weighted by atomic mass is 16.3. The van der Waals surface area contributed by atoms with Crippen molar-refractivity contribution in [1.82, 2.24) is 14.5 Å². The monoisotopic (exact) mass is 553 g/mol. The van der Waals surface area contributed by atoms with Gasteiger partial charge in [-0.2, -0.15) is 0 Å². The number of rotatable bonds is 6. The van der Waals surface area contributed by atoms with E-state index in [-0.39, 0.29) is 6.03 Å². The van der Waals surface area contributed by atoms with Crippen molar-refractivity contribution in [3.63, 3.8) is 0 Å². The predicted octanol–water partition coefficient (Wildman–Crippen LogP) is 7.18. The van der Waals surface area contributed by atoms with E-state index < -0.39 is 5.60 Å². The van der Waals surface area contributed by atoms with Crippen LogP contribution in [-0.2, 0) is 12.6 Å². The number of imidazole rings is 1. The number of carbonyl (C=O) groups is 1. The lowest BCUT2D eigenvalue weighted by Gasteiger charge is -2.30. The summed E-state index contributed by atoms with van der Waals surface area (Å²) in [7, 11) is 1.88. The van der Waals surface area contributed by atoms with Gasteiger partial charge in [-0.3, -0.25) is 5.32 Å². The maximum Gasteiger partial charge on any atom is 0.324 e. The number of fused-ring (bicyclic) bond motifs is 1. The smallest absolute Gasteiger partial charge is 0.324 e. The minimum Gasteiger partial charge on any atom is -0.374 e. The number of hydrogen-bond donors (Lipinski definition) is 3. The summed E-state index contributed by atoms with van der Waals surface area (Å²) in [6.45, 7) is 4.07. The third kappa shape index (κ3) is 5.13. The van der Waals surface area contributed by atoms with Gasteiger partial charge in [-0.25, -0.2) is 14.8 Å². The van der Waals surface area contributed by atoms with Gasteiger partial charge in [-0.15, -0.1) is 0 Å². The number of para-hydroxylation sites is 1. The van der Waals surface area contributed by atoms with Gasteiger partial charge >= 0.3 is 6.03 Å². The largest absolute Gasteiger partial charge is 0.374 e. The Morgan fingerprint density at radius 1 is 0.810 bits per heavy atom. The molecule has 1 atom stereocenters. The molecule has 0 radical (unpaired) electrons. The number of urea groups is 1. The summed E-state index contributed by atoms with van der Waals surface area (Å²) in [5, 5.41) is 19.1. The fourth-order valence-corrected chi connectivity index (χ4v) is 5.33. The molecule has 0 fully saturated rings. The van der Waals surface area contributed by atoms with Gasteiger partial charge in [0.15, 0.2) is 5.60 Å². The first-order valence-corrected chi connectivity index (χ1v) is 13.7. The molecule has 7 heteroatoms. The normalized spacial score (nSPS) is 12.6. The Bertz CT molecular complexity index is 1900. The summed E-state index contributed by atoms with van der Waals surface area (Å²) in [6, 6.07) is 32.6. The molecule has 3 N–H and O–H groups in total. The zero-order chi connectivity index (χ0) is 29.3. The maximum absolute atomic E-state index is 12.8. The van der Waals surface area contributed by atoms with E-state index in [1.54, 1.807) is 12.5 Å². The van der Waals surface area contributed by atoms with Crippen LogP contribution in [-0.4, -0.2) is 25.7 Å². The molecule has 2 amide bonds. The molecule has 0 saturated carbocycles. The minimum absolute atomic E-state index is 0.384. The van der Waals surface area contributed by atoms with Crippen LogP contribution in [0.4, 0.5) is 16.3 Å². The zero-order valence-electron chi connectivity index (χ0n) is 23.7. The first-order valence-electron chi connectivity index (χ1n) is 13.7. The van der Waals surface area contributed by atoms with Crippen molar-refractivity contribution in [3.05, 3.63) is 144 Å². The average Bonchev–Trinajstić information content (AvgIpc) is 3.43. The number of anilines is 2. The number of aromatic nitrogens is 3. The molecule has 0 aliphatic carbocycles. The van der Waals surface area contributed by atoms with Crippen LogP contribution in [0.1, 0.15) is 27.9 Å². The molecule has 1 unspecified atom stereocenters. The SMILES string of the molecule is Cc1ccc(C(O)(c2ccc3nc(NC(=O)Nc4ccccc4)cc(-c4cccc(C)c4)c3c2)c2cncn2C)cc1. The molecule has 0 bridgehead atoms. The van der Waals surface area contributed by atoms with Crippen LogP contribution < -0.4 is 10.6 Å². The van der Waals surface area contributed by atoms with Gasteiger partial charge in [-0.1, -0.05) is 83.9 Å². The summed E-state index contributed by atoms with van der Waals surface area (Å²) in [5.74, 6) is 0.417. The summed E-state index contributed by atoms with van der Waals surface area (Å²) in [5.41, 5.74) is 6.03. The summed E-state index contributed by atoms with van der Waals surface area (Å²) in [6.07, 6.45) is 3.38. The molecule has 0 aliphatic rings. The fourth-order valence-electron chi connectivity index (χ4n) is 5.33. The molecule has 2 aromatic heterocycles. The molecule has 208 valence electrons. The van der Waals surface area contributed by atoms with Crippen LogP contribution >= 0.6 is 0 Å².